The molecule has 0 atom stereocenters. The van der Waals surface area contributed by atoms with Crippen LogP contribution in [-0.2, 0) is 0 Å². The van der Waals surface area contributed by atoms with E-state index in [1.807, 2.05) is 0 Å². The van der Waals surface area contributed by atoms with Crippen LogP contribution in [0.15, 0.2) is 12.1 Å². The minimum Gasteiger partial charge on any atom is -0.375 e. The fourth-order valence-corrected chi connectivity index (χ4v) is 2.09. The van der Waals surface area contributed by atoms with Gasteiger partial charge in [0.2, 0.25) is 0 Å². The first-order valence-corrected chi connectivity index (χ1v) is 4.66. The van der Waals surface area contributed by atoms with Crippen LogP contribution in [0, 0.1) is 11.3 Å². The van der Waals surface area contributed by atoms with Crippen LogP contribution in [0.25, 0.3) is 10.2 Å². The monoisotopic (exact) mass is 209 g/mol. The molecule has 64 valence electrons. The molecule has 0 saturated carbocycles. The summed E-state index contributed by atoms with van der Waals surface area (Å²) in [6.45, 7) is 0. The summed E-state index contributed by atoms with van der Waals surface area (Å²) < 4.78 is 0.796. The van der Waals surface area contributed by atoms with Crippen molar-refractivity contribution < 1.29 is 0 Å². The Morgan fingerprint density at radius 3 is 3.00 bits per heavy atom. The summed E-state index contributed by atoms with van der Waals surface area (Å²) in [5, 5.41) is 9.76. The van der Waals surface area contributed by atoms with Crippen LogP contribution in [0.1, 0.15) is 5.56 Å². The molecule has 0 radical (unpaired) electrons. The standard InChI is InChI=1S/C8H4ClN3S/c9-5-1-4(3-10)7-6(2-5)12-8(11)13-7/h1-2H,(H2,11,12). The Balaban J connectivity index is 2.90. The average molecular weight is 210 g/mol. The summed E-state index contributed by atoms with van der Waals surface area (Å²) in [4.78, 5) is 4.04. The molecule has 0 saturated heterocycles. The van der Waals surface area contributed by atoms with Gasteiger partial charge in [0.1, 0.15) is 6.07 Å². The molecule has 0 amide bonds. The van der Waals surface area contributed by atoms with Crippen molar-refractivity contribution in [3.63, 3.8) is 0 Å². The lowest BCUT2D eigenvalue weighted by atomic mass is 10.2. The van der Waals surface area contributed by atoms with Gasteiger partial charge in [-0.2, -0.15) is 5.26 Å². The van der Waals surface area contributed by atoms with Gasteiger partial charge >= 0.3 is 0 Å². The minimum atomic E-state index is 0.453. The Bertz CT molecular complexity index is 512. The lowest BCUT2D eigenvalue weighted by molar-refractivity contribution is 1.48. The normalized spacial score (nSPS) is 10.2. The number of benzene rings is 1. The number of nitrogen functional groups attached to an aromatic ring is 1. The van der Waals surface area contributed by atoms with Gasteiger partial charge in [-0.15, -0.1) is 0 Å². The molecule has 0 bridgehead atoms. The molecule has 2 aromatic rings. The fraction of sp³-hybridized carbons (Fsp3) is 0. The quantitative estimate of drug-likeness (QED) is 0.725. The Hall–Kier alpha value is -1.31. The highest BCUT2D eigenvalue weighted by Crippen LogP contribution is 2.29. The molecule has 1 aromatic carbocycles. The van der Waals surface area contributed by atoms with Crippen LogP contribution in [-0.4, -0.2) is 4.98 Å². The van der Waals surface area contributed by atoms with Gasteiger partial charge in [0.05, 0.1) is 15.8 Å². The predicted octanol–water partition coefficient (Wildman–Crippen LogP) is 2.40. The van der Waals surface area contributed by atoms with Gasteiger partial charge in [0.25, 0.3) is 0 Å². The van der Waals surface area contributed by atoms with Crippen molar-refractivity contribution in [3.8, 4) is 6.07 Å². The SMILES string of the molecule is N#Cc1cc(Cl)cc2nc(N)sc12. The third-order valence-electron chi connectivity index (χ3n) is 1.59. The zero-order chi connectivity index (χ0) is 9.42. The second-order valence-electron chi connectivity index (χ2n) is 2.47. The number of fused-ring (bicyclic) bond motifs is 1. The number of anilines is 1. The van der Waals surface area contributed by atoms with Crippen molar-refractivity contribution in [1.29, 1.82) is 5.26 Å². The van der Waals surface area contributed by atoms with Crippen LogP contribution in [0.4, 0.5) is 5.13 Å². The number of nitrogens with two attached hydrogens (primary N) is 1. The molecule has 1 heterocycles. The van der Waals surface area contributed by atoms with E-state index in [0.29, 0.717) is 21.2 Å². The Morgan fingerprint density at radius 1 is 1.54 bits per heavy atom. The summed E-state index contributed by atoms with van der Waals surface area (Å²) in [6.07, 6.45) is 0. The second kappa shape index (κ2) is 2.87. The lowest BCUT2D eigenvalue weighted by Gasteiger charge is -1.92. The number of thiazole rings is 1. The van der Waals surface area contributed by atoms with Crippen molar-refractivity contribution in [3.05, 3.63) is 22.7 Å². The van der Waals surface area contributed by atoms with Gasteiger partial charge in [-0.1, -0.05) is 22.9 Å². The smallest absolute Gasteiger partial charge is 0.181 e. The summed E-state index contributed by atoms with van der Waals surface area (Å²) >= 11 is 7.08. The molecule has 13 heavy (non-hydrogen) atoms. The summed E-state index contributed by atoms with van der Waals surface area (Å²) in [5.74, 6) is 0. The van der Waals surface area contributed by atoms with E-state index < -0.39 is 0 Å². The largest absolute Gasteiger partial charge is 0.375 e. The van der Waals surface area contributed by atoms with E-state index in [1.54, 1.807) is 12.1 Å². The lowest BCUT2D eigenvalue weighted by Crippen LogP contribution is -1.79. The number of aromatic nitrogens is 1. The first-order chi connectivity index (χ1) is 6.20. The van der Waals surface area contributed by atoms with Crippen molar-refractivity contribution in [1.82, 2.24) is 4.98 Å². The molecule has 5 heteroatoms. The molecule has 0 fully saturated rings. The number of hydrogen-bond acceptors (Lipinski definition) is 4. The molecule has 0 unspecified atom stereocenters. The van der Waals surface area contributed by atoms with Crippen LogP contribution in [0.5, 0.6) is 0 Å². The van der Waals surface area contributed by atoms with Gasteiger partial charge in [-0.25, -0.2) is 4.98 Å². The van der Waals surface area contributed by atoms with Crippen LogP contribution >= 0.6 is 22.9 Å². The molecular formula is C8H4ClN3S. The summed E-state index contributed by atoms with van der Waals surface area (Å²) in [6, 6.07) is 5.37. The van der Waals surface area contributed by atoms with Crippen molar-refractivity contribution in [2.24, 2.45) is 0 Å². The third kappa shape index (κ3) is 1.32. The van der Waals surface area contributed by atoms with E-state index in [2.05, 4.69) is 11.1 Å². The summed E-state index contributed by atoms with van der Waals surface area (Å²) in [5.41, 5.74) is 6.73. The minimum absolute atomic E-state index is 0.453. The van der Waals surface area contributed by atoms with E-state index in [1.165, 1.54) is 11.3 Å². The second-order valence-corrected chi connectivity index (χ2v) is 3.93. The average Bonchev–Trinajstić information content (AvgIpc) is 2.43. The molecule has 2 rings (SSSR count). The van der Waals surface area contributed by atoms with E-state index in [0.717, 1.165) is 4.70 Å². The predicted molar refractivity (Wildman–Crippen MR) is 53.8 cm³/mol. The number of nitrogens with zero attached hydrogens (tertiary/aromatic N) is 2. The highest BCUT2D eigenvalue weighted by molar-refractivity contribution is 7.22. The Morgan fingerprint density at radius 2 is 2.31 bits per heavy atom. The van der Waals surface area contributed by atoms with Crippen LogP contribution in [0.3, 0.4) is 0 Å². The topological polar surface area (TPSA) is 62.7 Å². The highest BCUT2D eigenvalue weighted by atomic mass is 35.5. The zero-order valence-electron chi connectivity index (χ0n) is 6.41. The third-order valence-corrected chi connectivity index (χ3v) is 2.74. The highest BCUT2D eigenvalue weighted by Gasteiger charge is 2.07. The molecule has 1 aromatic heterocycles. The van der Waals surface area contributed by atoms with Crippen LogP contribution in [0.2, 0.25) is 5.02 Å². The Kier molecular flexibility index (Phi) is 1.83. The zero-order valence-corrected chi connectivity index (χ0v) is 7.99. The maximum absolute atomic E-state index is 8.80. The molecule has 2 N–H and O–H groups in total. The molecule has 0 aliphatic rings. The number of nitriles is 1. The summed E-state index contributed by atoms with van der Waals surface area (Å²) in [7, 11) is 0. The van der Waals surface area contributed by atoms with E-state index >= 15 is 0 Å². The number of rotatable bonds is 0. The van der Waals surface area contributed by atoms with Crippen molar-refractivity contribution in [2.75, 3.05) is 5.73 Å². The van der Waals surface area contributed by atoms with Crippen molar-refractivity contribution >= 4 is 38.3 Å². The van der Waals surface area contributed by atoms with E-state index in [-0.39, 0.29) is 0 Å². The first-order valence-electron chi connectivity index (χ1n) is 3.46. The molecule has 0 aliphatic heterocycles. The van der Waals surface area contributed by atoms with E-state index in [9.17, 15) is 0 Å². The van der Waals surface area contributed by atoms with Gasteiger partial charge in [0, 0.05) is 5.02 Å². The first kappa shape index (κ1) is 8.30. The maximum atomic E-state index is 8.80. The van der Waals surface area contributed by atoms with Crippen molar-refractivity contribution in [2.45, 2.75) is 0 Å². The van der Waals surface area contributed by atoms with Gasteiger partial charge < -0.3 is 5.73 Å². The number of hydrogen-bond donors (Lipinski definition) is 1. The molecule has 0 aliphatic carbocycles. The molecular weight excluding hydrogens is 206 g/mol. The molecule has 0 spiro atoms. The van der Waals surface area contributed by atoms with Gasteiger partial charge in [0.15, 0.2) is 5.13 Å². The maximum Gasteiger partial charge on any atom is 0.181 e. The number of halogens is 1. The van der Waals surface area contributed by atoms with Crippen LogP contribution < -0.4 is 5.73 Å². The Labute approximate surface area is 83.4 Å². The fourth-order valence-electron chi connectivity index (χ4n) is 1.10. The molecule has 3 nitrogen and oxygen atoms in total. The van der Waals surface area contributed by atoms with E-state index in [4.69, 9.17) is 22.6 Å². The van der Waals surface area contributed by atoms with Gasteiger partial charge in [-0.3, -0.25) is 0 Å². The van der Waals surface area contributed by atoms with Gasteiger partial charge in [-0.05, 0) is 12.1 Å².